The molecule has 0 radical (unpaired) electrons. The number of hydrogen-bond acceptors (Lipinski definition) is 7. The number of carbonyl (C=O) groups is 1. The van der Waals surface area contributed by atoms with Crippen molar-refractivity contribution in [2.75, 3.05) is 24.6 Å². The Morgan fingerprint density at radius 1 is 1.02 bits per heavy atom. The van der Waals surface area contributed by atoms with Crippen molar-refractivity contribution in [2.45, 2.75) is 79.4 Å². The Balaban J connectivity index is 0.000000836. The number of para-hydroxylation sites is 1. The van der Waals surface area contributed by atoms with E-state index in [0.717, 1.165) is 59.9 Å². The third kappa shape index (κ3) is 12.0. The van der Waals surface area contributed by atoms with Crippen LogP contribution in [0.25, 0.3) is 11.3 Å². The Kier molecular flexibility index (Phi) is 13.0. The molecule has 4 rings (SSSR count). The maximum atomic E-state index is 11.7. The van der Waals surface area contributed by atoms with Crippen molar-refractivity contribution < 1.29 is 24.5 Å². The zero-order chi connectivity index (χ0) is 32.2. The van der Waals surface area contributed by atoms with Crippen LogP contribution in [0.1, 0.15) is 65.6 Å². The maximum Gasteiger partial charge on any atom is 0.307 e. The predicted molar refractivity (Wildman–Crippen MR) is 173 cm³/mol. The van der Waals surface area contributed by atoms with Crippen molar-refractivity contribution in [2.24, 2.45) is 5.41 Å². The van der Waals surface area contributed by atoms with Crippen molar-refractivity contribution in [3.05, 3.63) is 66.1 Å². The van der Waals surface area contributed by atoms with Crippen LogP contribution < -0.4 is 14.4 Å². The molecule has 1 aliphatic rings. The summed E-state index contributed by atoms with van der Waals surface area (Å²) in [4.78, 5) is 23.2. The molecule has 0 bridgehead atoms. The third-order valence-corrected chi connectivity index (χ3v) is 6.70. The van der Waals surface area contributed by atoms with Gasteiger partial charge < -0.3 is 24.6 Å². The van der Waals surface area contributed by atoms with Gasteiger partial charge in [0.1, 0.15) is 24.2 Å². The largest absolute Gasteiger partial charge is 0.490 e. The summed E-state index contributed by atoms with van der Waals surface area (Å²) in [6, 6.07) is 13.5. The molecule has 3 aromatic rings. The van der Waals surface area contributed by atoms with Gasteiger partial charge in [0.05, 0.1) is 29.6 Å². The van der Waals surface area contributed by atoms with Crippen molar-refractivity contribution in [3.8, 4) is 35.6 Å². The minimum absolute atomic E-state index is 0.0674. The Morgan fingerprint density at radius 3 is 2.16 bits per heavy atom. The van der Waals surface area contributed by atoms with Crippen LogP contribution in [-0.4, -0.2) is 57.6 Å². The molecule has 2 N–H and O–H groups in total. The number of benzene rings is 1. The van der Waals surface area contributed by atoms with Crippen LogP contribution in [-0.2, 0) is 11.2 Å². The van der Waals surface area contributed by atoms with Gasteiger partial charge >= 0.3 is 5.97 Å². The molecule has 0 spiro atoms. The van der Waals surface area contributed by atoms with Crippen LogP contribution in [0.2, 0.25) is 0 Å². The summed E-state index contributed by atoms with van der Waals surface area (Å²) in [5.41, 5.74) is 3.81. The molecule has 0 saturated carbocycles. The molecule has 43 heavy (non-hydrogen) atoms. The quantitative estimate of drug-likeness (QED) is 0.270. The van der Waals surface area contributed by atoms with E-state index in [1.165, 1.54) is 0 Å². The molecule has 1 atom stereocenters. The van der Waals surface area contributed by atoms with Crippen molar-refractivity contribution in [1.29, 1.82) is 0 Å². The first-order valence-electron chi connectivity index (χ1n) is 14.5. The van der Waals surface area contributed by atoms with Gasteiger partial charge in [0.15, 0.2) is 0 Å². The van der Waals surface area contributed by atoms with Crippen molar-refractivity contribution >= 4 is 11.7 Å². The van der Waals surface area contributed by atoms with Gasteiger partial charge in [-0.1, -0.05) is 32.0 Å². The fraction of sp³-hybridized carbons (Fsp3) is 0.457. The van der Waals surface area contributed by atoms with Gasteiger partial charge in [-0.15, -0.1) is 12.8 Å². The number of rotatable bonds is 9. The van der Waals surface area contributed by atoms with E-state index in [9.17, 15) is 9.90 Å². The molecule has 1 aromatic carbocycles. The minimum atomic E-state index is -0.862. The van der Waals surface area contributed by atoms with Crippen LogP contribution in [0.15, 0.2) is 54.9 Å². The molecule has 1 unspecified atom stereocenters. The Bertz CT molecular complexity index is 1300. The van der Waals surface area contributed by atoms with E-state index in [-0.39, 0.29) is 17.9 Å². The summed E-state index contributed by atoms with van der Waals surface area (Å²) in [7, 11) is 0. The summed E-state index contributed by atoms with van der Waals surface area (Å²) in [5.74, 6) is 0.591. The number of anilines is 1. The highest BCUT2D eigenvalue weighted by molar-refractivity contribution is 5.83. The smallest absolute Gasteiger partial charge is 0.307 e. The van der Waals surface area contributed by atoms with E-state index in [4.69, 9.17) is 14.6 Å². The molecule has 232 valence electrons. The molecule has 3 heterocycles. The third-order valence-electron chi connectivity index (χ3n) is 6.70. The lowest BCUT2D eigenvalue weighted by atomic mass is 9.82. The number of ether oxygens (including phenoxy) is 2. The Morgan fingerprint density at radius 2 is 1.63 bits per heavy atom. The summed E-state index contributed by atoms with van der Waals surface area (Å²) < 4.78 is 11.8. The number of aliphatic hydroxyl groups is 1. The molecule has 8 heteroatoms. The minimum Gasteiger partial charge on any atom is -0.490 e. The number of pyridine rings is 2. The Hall–Kier alpha value is -4.09. The molecule has 1 saturated heterocycles. The monoisotopic (exact) mass is 589 g/mol. The van der Waals surface area contributed by atoms with E-state index in [1.807, 2.05) is 62.5 Å². The summed E-state index contributed by atoms with van der Waals surface area (Å²) in [6.07, 6.45) is 13.4. The molecule has 2 aromatic heterocycles. The number of nitrogens with zero attached hydrogens (tertiary/aromatic N) is 3. The van der Waals surface area contributed by atoms with Crippen LogP contribution in [0, 0.1) is 25.2 Å². The topological polar surface area (TPSA) is 105 Å². The van der Waals surface area contributed by atoms with E-state index < -0.39 is 11.6 Å². The molecule has 8 nitrogen and oxygen atoms in total. The SMILES string of the molecule is C#C.CC(C)(C)O.Cc1ncc(-c2ccc(OC(C)COc3ccccc3)cn2)c(N2CCC(C)(C)CC2)c1CC(=O)O. The van der Waals surface area contributed by atoms with E-state index in [0.29, 0.717) is 12.4 Å². The number of piperidine rings is 1. The number of terminal acetylenes is 1. The molecule has 0 aliphatic carbocycles. The average molecular weight is 590 g/mol. The first-order chi connectivity index (χ1) is 20.2. The lowest BCUT2D eigenvalue weighted by Crippen LogP contribution is -2.38. The van der Waals surface area contributed by atoms with Crippen molar-refractivity contribution in [3.63, 3.8) is 0 Å². The van der Waals surface area contributed by atoms with Crippen LogP contribution >= 0.6 is 0 Å². The van der Waals surface area contributed by atoms with Gasteiger partial charge in [0, 0.05) is 36.1 Å². The molecule has 0 amide bonds. The number of hydrogen-bond donors (Lipinski definition) is 2. The van der Waals surface area contributed by atoms with Crippen LogP contribution in [0.4, 0.5) is 5.69 Å². The summed E-state index contributed by atoms with van der Waals surface area (Å²) in [5, 5.41) is 18.1. The number of carboxylic acid groups (broad SMARTS) is 1. The van der Waals surface area contributed by atoms with Gasteiger partial charge in [0.2, 0.25) is 0 Å². The standard InChI is InChI=1S/C29H35N3O4.C4H10O.C2H2/c1-20(19-35-22-8-6-5-7-9-22)36-23-10-11-26(31-17-23)25-18-30-21(2)24(16-27(33)34)28(25)32-14-12-29(3,4)13-15-32;1-4(2,3)5;1-2/h5-11,17-18,20H,12-16,19H2,1-4H3,(H,33,34);5H,1-3H3;1-2H. The molecule has 1 fully saturated rings. The first kappa shape index (κ1) is 35.1. The van der Waals surface area contributed by atoms with Gasteiger partial charge in [-0.2, -0.15) is 0 Å². The molecular weight excluding hydrogens is 542 g/mol. The van der Waals surface area contributed by atoms with Crippen LogP contribution in [0.5, 0.6) is 11.5 Å². The maximum absolute atomic E-state index is 11.7. The second-order valence-electron chi connectivity index (χ2n) is 12.4. The second-order valence-corrected chi connectivity index (χ2v) is 12.4. The molecular formula is C35H47N3O5. The number of aromatic nitrogens is 2. The average Bonchev–Trinajstić information content (AvgIpc) is 2.94. The summed E-state index contributed by atoms with van der Waals surface area (Å²) in [6.45, 7) is 15.8. The van der Waals surface area contributed by atoms with Gasteiger partial charge in [-0.3, -0.25) is 14.8 Å². The number of carboxylic acids is 1. The zero-order valence-electron chi connectivity index (χ0n) is 26.6. The van der Waals surface area contributed by atoms with E-state index in [1.54, 1.807) is 27.0 Å². The van der Waals surface area contributed by atoms with E-state index >= 15 is 0 Å². The first-order valence-corrected chi connectivity index (χ1v) is 14.5. The number of aliphatic carboxylic acids is 1. The fourth-order valence-electron chi connectivity index (χ4n) is 4.49. The van der Waals surface area contributed by atoms with Gasteiger partial charge in [-0.25, -0.2) is 0 Å². The fourth-order valence-corrected chi connectivity index (χ4v) is 4.49. The normalized spacial score (nSPS) is 14.7. The number of aryl methyl sites for hydroxylation is 1. The van der Waals surface area contributed by atoms with Gasteiger partial charge in [0.25, 0.3) is 0 Å². The summed E-state index contributed by atoms with van der Waals surface area (Å²) >= 11 is 0. The highest BCUT2D eigenvalue weighted by Crippen LogP contribution is 2.39. The van der Waals surface area contributed by atoms with Crippen LogP contribution in [0.3, 0.4) is 0 Å². The van der Waals surface area contributed by atoms with E-state index in [2.05, 4.69) is 41.6 Å². The predicted octanol–water partition coefficient (Wildman–Crippen LogP) is 6.58. The highest BCUT2D eigenvalue weighted by Gasteiger charge is 2.29. The van der Waals surface area contributed by atoms with Crippen molar-refractivity contribution in [1.82, 2.24) is 9.97 Å². The highest BCUT2D eigenvalue weighted by atomic mass is 16.5. The molecule has 1 aliphatic heterocycles. The lowest BCUT2D eigenvalue weighted by Gasteiger charge is -2.40. The second kappa shape index (κ2) is 15.9. The lowest BCUT2D eigenvalue weighted by molar-refractivity contribution is -0.136. The Labute approximate surface area is 257 Å². The van der Waals surface area contributed by atoms with Gasteiger partial charge in [-0.05, 0) is 77.1 Å². The zero-order valence-corrected chi connectivity index (χ0v) is 26.6.